The largest absolute Gasteiger partial charge is 0.309 e. The first-order valence-electron chi connectivity index (χ1n) is 20.0. The molecule has 262 valence electrons. The van der Waals surface area contributed by atoms with Crippen LogP contribution in [-0.4, -0.2) is 11.3 Å². The van der Waals surface area contributed by atoms with Gasteiger partial charge in [-0.1, -0.05) is 192 Å². The molecule has 0 atom stereocenters. The number of fused-ring (bicyclic) bond motifs is 15. The Morgan fingerprint density at radius 1 is 0.333 bits per heavy atom. The van der Waals surface area contributed by atoms with Crippen molar-refractivity contribution >= 4 is 44.9 Å². The van der Waals surface area contributed by atoms with Gasteiger partial charge >= 0.3 is 0 Å². The molecule has 0 saturated heterocycles. The molecule has 3 aliphatic rings. The van der Waals surface area contributed by atoms with Crippen molar-refractivity contribution in [2.45, 2.75) is 5.41 Å². The Hall–Kier alpha value is -7.16. The Morgan fingerprint density at radius 2 is 0.895 bits per heavy atom. The van der Waals surface area contributed by atoms with Crippen molar-refractivity contribution in [3.63, 3.8) is 0 Å². The number of benzene rings is 9. The molecule has 0 saturated carbocycles. The second kappa shape index (κ2) is 11.4. The minimum absolute atomic E-state index is 0.133. The highest BCUT2D eigenvalue weighted by Gasteiger charge is 2.54. The number of hydrogen-bond donors (Lipinski definition) is 0. The molecule has 9 aromatic carbocycles. The van der Waals surface area contributed by atoms with Crippen LogP contribution >= 0.6 is 0 Å². The van der Waals surface area contributed by atoms with E-state index < -0.39 is 5.41 Å². The first kappa shape index (κ1) is 31.1. The lowest BCUT2D eigenvalue weighted by Crippen LogP contribution is -2.59. The normalized spacial score (nSPS) is 13.7. The van der Waals surface area contributed by atoms with Gasteiger partial charge in [-0.2, -0.15) is 0 Å². The molecule has 0 N–H and O–H groups in total. The van der Waals surface area contributed by atoms with E-state index >= 15 is 0 Å². The highest BCUT2D eigenvalue weighted by Crippen LogP contribution is 2.57. The fourth-order valence-corrected chi connectivity index (χ4v) is 11.1. The van der Waals surface area contributed by atoms with Crippen LogP contribution in [0.25, 0.3) is 72.0 Å². The van der Waals surface area contributed by atoms with Crippen LogP contribution in [0.4, 0.5) is 0 Å². The Bertz CT molecular complexity index is 3200. The molecule has 0 unspecified atom stereocenters. The number of rotatable bonds is 3. The van der Waals surface area contributed by atoms with Gasteiger partial charge in [0.05, 0.1) is 16.4 Å². The van der Waals surface area contributed by atoms with E-state index in [1.165, 1.54) is 111 Å². The second-order valence-electron chi connectivity index (χ2n) is 15.9. The Kier molecular flexibility index (Phi) is 6.24. The predicted octanol–water partition coefficient (Wildman–Crippen LogP) is 11.3. The molecule has 1 aliphatic carbocycles. The maximum atomic E-state index is 2.54. The van der Waals surface area contributed by atoms with E-state index in [-0.39, 0.29) is 6.71 Å². The Morgan fingerprint density at radius 3 is 1.60 bits per heavy atom. The van der Waals surface area contributed by atoms with E-state index in [1.54, 1.807) is 0 Å². The van der Waals surface area contributed by atoms with Crippen LogP contribution in [0.15, 0.2) is 206 Å². The van der Waals surface area contributed by atoms with Gasteiger partial charge in [0, 0.05) is 16.5 Å². The predicted molar refractivity (Wildman–Crippen MR) is 239 cm³/mol. The van der Waals surface area contributed by atoms with Crippen LogP contribution in [0.5, 0.6) is 0 Å². The zero-order valence-corrected chi connectivity index (χ0v) is 31.2. The fourth-order valence-electron chi connectivity index (χ4n) is 11.1. The summed E-state index contributed by atoms with van der Waals surface area (Å²) in [6, 6.07) is 77.5. The maximum absolute atomic E-state index is 2.54. The van der Waals surface area contributed by atoms with Crippen LogP contribution in [0.1, 0.15) is 22.3 Å². The number of nitrogens with zero attached hydrogens (tertiary/aromatic N) is 1. The third kappa shape index (κ3) is 4.04. The number of hydrogen-bond acceptors (Lipinski definition) is 0. The monoisotopic (exact) mass is 719 g/mol. The topological polar surface area (TPSA) is 4.93 Å². The highest BCUT2D eigenvalue weighted by molar-refractivity contribution is 7.00. The van der Waals surface area contributed by atoms with E-state index in [4.69, 9.17) is 0 Å². The van der Waals surface area contributed by atoms with Gasteiger partial charge in [-0.3, -0.25) is 0 Å². The summed E-state index contributed by atoms with van der Waals surface area (Å²) in [6.45, 7) is 0.133. The summed E-state index contributed by atoms with van der Waals surface area (Å²) in [6.07, 6.45) is 0. The lowest BCUT2D eigenvalue weighted by molar-refractivity contribution is 0.776. The molecule has 57 heavy (non-hydrogen) atoms. The average Bonchev–Trinajstić information content (AvgIpc) is 3.91. The third-order valence-electron chi connectivity index (χ3n) is 13.3. The third-order valence-corrected chi connectivity index (χ3v) is 13.3. The molecule has 1 aromatic heterocycles. The molecule has 0 amide bonds. The van der Waals surface area contributed by atoms with Crippen LogP contribution < -0.4 is 16.4 Å². The average molecular weight is 720 g/mol. The van der Waals surface area contributed by atoms with Crippen molar-refractivity contribution in [3.05, 3.63) is 229 Å². The maximum Gasteiger partial charge on any atom is 0.243 e. The zero-order chi connectivity index (χ0) is 37.2. The number of aromatic nitrogens is 1. The lowest BCUT2D eigenvalue weighted by Gasteiger charge is -2.42. The molecular weight excluding hydrogens is 685 g/mol. The first-order chi connectivity index (χ1) is 28.3. The smallest absolute Gasteiger partial charge is 0.243 e. The van der Waals surface area contributed by atoms with Crippen LogP contribution in [0.3, 0.4) is 0 Å². The van der Waals surface area contributed by atoms with Gasteiger partial charge in [0.2, 0.25) is 6.71 Å². The quantitative estimate of drug-likeness (QED) is 0.160. The second-order valence-corrected chi connectivity index (χ2v) is 15.9. The van der Waals surface area contributed by atoms with Gasteiger partial charge in [0.1, 0.15) is 0 Å². The summed E-state index contributed by atoms with van der Waals surface area (Å²) >= 11 is 0. The minimum Gasteiger partial charge on any atom is -0.309 e. The van der Waals surface area contributed by atoms with Crippen LogP contribution in [0.2, 0.25) is 0 Å². The van der Waals surface area contributed by atoms with Gasteiger partial charge < -0.3 is 4.57 Å². The Labute approximate surface area is 332 Å². The van der Waals surface area contributed by atoms with Crippen molar-refractivity contribution < 1.29 is 0 Å². The molecule has 1 spiro atoms. The van der Waals surface area contributed by atoms with Gasteiger partial charge in [0.15, 0.2) is 0 Å². The van der Waals surface area contributed by atoms with E-state index in [9.17, 15) is 0 Å². The van der Waals surface area contributed by atoms with Crippen molar-refractivity contribution in [1.82, 2.24) is 4.57 Å². The highest BCUT2D eigenvalue weighted by atomic mass is 15.0. The molecule has 0 radical (unpaired) electrons. The van der Waals surface area contributed by atoms with Crippen LogP contribution in [-0.2, 0) is 5.41 Å². The van der Waals surface area contributed by atoms with Crippen molar-refractivity contribution in [3.8, 4) is 50.2 Å². The van der Waals surface area contributed by atoms with Gasteiger partial charge in [-0.25, -0.2) is 0 Å². The Balaban J connectivity index is 1.07. The van der Waals surface area contributed by atoms with E-state index in [1.807, 2.05) is 0 Å². The molecule has 1 nitrogen and oxygen atoms in total. The van der Waals surface area contributed by atoms with E-state index in [2.05, 4.69) is 211 Å². The molecule has 3 heterocycles. The van der Waals surface area contributed by atoms with E-state index in [0.717, 1.165) is 0 Å². The zero-order valence-electron chi connectivity index (χ0n) is 31.2. The van der Waals surface area contributed by atoms with Gasteiger partial charge in [0.25, 0.3) is 0 Å². The van der Waals surface area contributed by atoms with Crippen molar-refractivity contribution in [2.24, 2.45) is 0 Å². The molecule has 2 aliphatic heterocycles. The summed E-state index contributed by atoms with van der Waals surface area (Å²) in [5.74, 6) is 0. The SMILES string of the molecule is c1ccc(-c2cc3c4c(c2)C2(c5ccc(-c6ccc(-n7c8ccccc8c8ccccc87)cc6)cc5B4c4ccccc4-3)c3ccccc3-c3ccccc32)cc1. The summed E-state index contributed by atoms with van der Waals surface area (Å²) in [5, 5.41) is 2.56. The summed E-state index contributed by atoms with van der Waals surface area (Å²) in [5.41, 5.74) is 23.3. The van der Waals surface area contributed by atoms with Crippen molar-refractivity contribution in [1.29, 1.82) is 0 Å². The lowest BCUT2D eigenvalue weighted by atomic mass is 9.32. The molecule has 13 rings (SSSR count). The number of para-hydroxylation sites is 2. The van der Waals surface area contributed by atoms with E-state index in [0.29, 0.717) is 0 Å². The molecule has 0 bridgehead atoms. The molecular formula is C55H34BN. The first-order valence-corrected chi connectivity index (χ1v) is 20.0. The fraction of sp³-hybridized carbons (Fsp3) is 0.0182. The van der Waals surface area contributed by atoms with Gasteiger partial charge in [-0.05, 0) is 97.1 Å². The summed E-state index contributed by atoms with van der Waals surface area (Å²) < 4.78 is 2.40. The summed E-state index contributed by atoms with van der Waals surface area (Å²) in [7, 11) is 0. The molecule has 2 heteroatoms. The minimum atomic E-state index is -0.463. The van der Waals surface area contributed by atoms with Gasteiger partial charge in [-0.15, -0.1) is 0 Å². The van der Waals surface area contributed by atoms with Crippen LogP contribution in [0, 0.1) is 0 Å². The molecule has 10 aromatic rings. The standard InChI is InChI=1S/C55H34BN/c1-2-14-35(15-3-1)38-32-45-42-18-6-11-23-50(42)56-51-34-37(36-26-29-39(30-27-36)57-52-24-12-7-19-43(52)44-20-8-13-25-53(44)57)28-31-48(51)55(49(33-38)54(45)56)46-21-9-4-16-40(46)41-17-5-10-22-47(41)55/h1-34H. The molecule has 0 fully saturated rings. The van der Waals surface area contributed by atoms with Crippen molar-refractivity contribution in [2.75, 3.05) is 0 Å². The summed E-state index contributed by atoms with van der Waals surface area (Å²) in [4.78, 5) is 0.